The molecule has 1 atom stereocenters. The topological polar surface area (TPSA) is 35.5 Å². The van der Waals surface area contributed by atoms with Crippen molar-refractivity contribution < 1.29 is 14.0 Å². The maximum Gasteiger partial charge on any atom is 0.316 e. The van der Waals surface area contributed by atoms with Gasteiger partial charge in [-0.3, -0.25) is 4.79 Å². The van der Waals surface area contributed by atoms with Crippen LogP contribution in [0.2, 0.25) is 18.1 Å². The molecule has 0 unspecified atom stereocenters. The third kappa shape index (κ3) is 3.57. The molecule has 0 aromatic heterocycles. The smallest absolute Gasteiger partial charge is 0.316 e. The molecular formula is C19H34O3Si. The number of carbonyl (C=O) groups is 1. The van der Waals surface area contributed by atoms with Gasteiger partial charge in [-0.1, -0.05) is 46.8 Å². The summed E-state index contributed by atoms with van der Waals surface area (Å²) in [6.07, 6.45) is 2.71. The number of hydrogen-bond donors (Lipinski definition) is 0. The molecular weight excluding hydrogens is 304 g/mol. The summed E-state index contributed by atoms with van der Waals surface area (Å²) in [7, 11) is -1.90. The van der Waals surface area contributed by atoms with Gasteiger partial charge in [0, 0.05) is 11.8 Å². The van der Waals surface area contributed by atoms with Crippen LogP contribution in [-0.4, -0.2) is 20.9 Å². The van der Waals surface area contributed by atoms with Gasteiger partial charge in [0.2, 0.25) is 8.32 Å². The second kappa shape index (κ2) is 6.12. The first-order valence-corrected chi connectivity index (χ1v) is 11.4. The fourth-order valence-corrected chi connectivity index (χ4v) is 3.76. The Morgan fingerprint density at radius 3 is 2.22 bits per heavy atom. The van der Waals surface area contributed by atoms with Crippen molar-refractivity contribution >= 4 is 14.3 Å². The van der Waals surface area contributed by atoms with Gasteiger partial charge in [0.25, 0.3) is 0 Å². The monoisotopic (exact) mass is 338 g/mol. The molecule has 23 heavy (non-hydrogen) atoms. The van der Waals surface area contributed by atoms with Crippen molar-refractivity contribution in [2.24, 2.45) is 10.8 Å². The van der Waals surface area contributed by atoms with E-state index >= 15 is 0 Å². The van der Waals surface area contributed by atoms with Crippen LogP contribution in [0.25, 0.3) is 0 Å². The zero-order valence-corrected chi connectivity index (χ0v) is 17.4. The van der Waals surface area contributed by atoms with Gasteiger partial charge in [-0.25, -0.2) is 0 Å². The van der Waals surface area contributed by atoms with E-state index in [-0.39, 0.29) is 11.0 Å². The second-order valence-corrected chi connectivity index (χ2v) is 13.5. The van der Waals surface area contributed by atoms with E-state index in [9.17, 15) is 4.79 Å². The molecule has 0 radical (unpaired) electrons. The van der Waals surface area contributed by atoms with Crippen LogP contribution < -0.4 is 0 Å². The molecule has 0 fully saturated rings. The fourth-order valence-electron chi connectivity index (χ4n) is 2.67. The van der Waals surface area contributed by atoms with E-state index in [0.29, 0.717) is 13.0 Å². The Balaban J connectivity index is 3.19. The highest BCUT2D eigenvalue weighted by Crippen LogP contribution is 2.53. The molecule has 0 saturated carbocycles. The van der Waals surface area contributed by atoms with Gasteiger partial charge >= 0.3 is 5.97 Å². The van der Waals surface area contributed by atoms with E-state index < -0.39 is 19.1 Å². The first-order valence-electron chi connectivity index (χ1n) is 8.45. The third-order valence-corrected chi connectivity index (χ3v) is 10.2. The van der Waals surface area contributed by atoms with Crippen molar-refractivity contribution in [3.63, 3.8) is 0 Å². The first-order chi connectivity index (χ1) is 10.2. The van der Waals surface area contributed by atoms with E-state index in [1.165, 1.54) is 0 Å². The lowest BCUT2D eigenvalue weighted by Gasteiger charge is -2.47. The summed E-state index contributed by atoms with van der Waals surface area (Å²) in [6, 6.07) is 0. The average molecular weight is 339 g/mol. The second-order valence-electron chi connectivity index (χ2n) is 8.82. The molecule has 0 spiro atoms. The molecule has 0 bridgehead atoms. The maximum atomic E-state index is 12.6. The molecule has 0 saturated heterocycles. The van der Waals surface area contributed by atoms with Crippen molar-refractivity contribution in [1.29, 1.82) is 0 Å². The van der Waals surface area contributed by atoms with Crippen LogP contribution in [0.1, 0.15) is 54.9 Å². The predicted octanol–water partition coefficient (Wildman–Crippen LogP) is 5.45. The maximum absolute atomic E-state index is 12.6. The average Bonchev–Trinajstić information content (AvgIpc) is 2.33. The van der Waals surface area contributed by atoms with Gasteiger partial charge in [0.05, 0.1) is 17.8 Å². The SMILES string of the molecule is C=C1CC(O[Si](C)(C)C(C)(C)C)=CC(C)(C)[C@]1(C)C(=O)OCC. The molecule has 4 heteroatoms. The highest BCUT2D eigenvalue weighted by Gasteiger charge is 2.52. The molecule has 3 nitrogen and oxygen atoms in total. The van der Waals surface area contributed by atoms with Gasteiger partial charge in [-0.15, -0.1) is 0 Å². The minimum atomic E-state index is -1.90. The Labute approximate surface area is 143 Å². The largest absolute Gasteiger partial charge is 0.546 e. The number of rotatable bonds is 4. The summed E-state index contributed by atoms with van der Waals surface area (Å²) in [5.74, 6) is 0.756. The molecule has 0 N–H and O–H groups in total. The molecule has 1 aliphatic carbocycles. The zero-order chi connectivity index (χ0) is 18.3. The standard InChI is InChI=1S/C19H34O3Si/c1-11-21-16(20)19(8)14(2)12-15(13-18(19,6)7)22-23(9,10)17(3,4)5/h13H,2,11-12H2,1,3-10H3/t19-/m0/s1. The van der Waals surface area contributed by atoms with E-state index in [1.807, 2.05) is 13.8 Å². The molecule has 0 aliphatic heterocycles. The fraction of sp³-hybridized carbons (Fsp3) is 0.737. The highest BCUT2D eigenvalue weighted by atomic mass is 28.4. The predicted molar refractivity (Wildman–Crippen MR) is 98.6 cm³/mol. The summed E-state index contributed by atoms with van der Waals surface area (Å²) < 4.78 is 11.8. The van der Waals surface area contributed by atoms with Gasteiger partial charge in [0.1, 0.15) is 0 Å². The van der Waals surface area contributed by atoms with Crippen LogP contribution in [0, 0.1) is 10.8 Å². The van der Waals surface area contributed by atoms with Gasteiger partial charge in [-0.2, -0.15) is 0 Å². The van der Waals surface area contributed by atoms with Crippen LogP contribution in [-0.2, 0) is 14.0 Å². The molecule has 1 aliphatic rings. The van der Waals surface area contributed by atoms with Crippen molar-refractivity contribution in [2.75, 3.05) is 6.61 Å². The minimum absolute atomic E-state index is 0.140. The van der Waals surface area contributed by atoms with Crippen molar-refractivity contribution in [2.45, 2.75) is 73.0 Å². The lowest BCUT2D eigenvalue weighted by molar-refractivity contribution is -0.157. The van der Waals surface area contributed by atoms with E-state index in [2.05, 4.69) is 60.4 Å². The van der Waals surface area contributed by atoms with Crippen molar-refractivity contribution in [3.05, 3.63) is 24.0 Å². The van der Waals surface area contributed by atoms with Gasteiger partial charge in [0.15, 0.2) is 0 Å². The molecule has 0 aromatic rings. The number of allylic oxidation sites excluding steroid dienone is 2. The summed E-state index contributed by atoms with van der Waals surface area (Å²) in [5.41, 5.74) is -0.243. The summed E-state index contributed by atoms with van der Waals surface area (Å²) in [4.78, 5) is 12.6. The lowest BCUT2D eigenvalue weighted by Crippen LogP contribution is -2.47. The van der Waals surface area contributed by atoms with Crippen LogP contribution in [0.3, 0.4) is 0 Å². The molecule has 0 heterocycles. The first kappa shape index (κ1) is 20.0. The quantitative estimate of drug-likeness (QED) is 0.388. The Morgan fingerprint density at radius 1 is 1.30 bits per heavy atom. The Morgan fingerprint density at radius 2 is 1.83 bits per heavy atom. The van der Waals surface area contributed by atoms with Crippen LogP contribution in [0.15, 0.2) is 24.0 Å². The Bertz CT molecular complexity index is 523. The van der Waals surface area contributed by atoms with E-state index in [1.54, 1.807) is 0 Å². The summed E-state index contributed by atoms with van der Waals surface area (Å²) >= 11 is 0. The van der Waals surface area contributed by atoms with E-state index in [4.69, 9.17) is 9.16 Å². The third-order valence-electron chi connectivity index (χ3n) is 5.78. The zero-order valence-electron chi connectivity index (χ0n) is 16.4. The van der Waals surface area contributed by atoms with Crippen LogP contribution >= 0.6 is 0 Å². The Hall–Kier alpha value is -1.03. The van der Waals surface area contributed by atoms with Crippen molar-refractivity contribution in [1.82, 2.24) is 0 Å². The van der Waals surface area contributed by atoms with Gasteiger partial charge in [-0.05, 0) is 38.1 Å². The number of ether oxygens (including phenoxy) is 1. The number of hydrogen-bond acceptors (Lipinski definition) is 3. The molecule has 0 amide bonds. The molecule has 0 aromatic carbocycles. The highest BCUT2D eigenvalue weighted by molar-refractivity contribution is 6.74. The van der Waals surface area contributed by atoms with Crippen LogP contribution in [0.4, 0.5) is 0 Å². The normalized spacial score (nSPS) is 24.9. The van der Waals surface area contributed by atoms with Gasteiger partial charge < -0.3 is 9.16 Å². The molecule has 132 valence electrons. The molecule has 1 rings (SSSR count). The summed E-state index contributed by atoms with van der Waals surface area (Å²) in [6.45, 7) is 23.6. The number of esters is 1. The van der Waals surface area contributed by atoms with Crippen LogP contribution in [0.5, 0.6) is 0 Å². The lowest BCUT2D eigenvalue weighted by atomic mass is 9.59. The van der Waals surface area contributed by atoms with Crippen molar-refractivity contribution in [3.8, 4) is 0 Å². The minimum Gasteiger partial charge on any atom is -0.546 e. The number of carbonyl (C=O) groups excluding carboxylic acids is 1. The summed E-state index contributed by atoms with van der Waals surface area (Å²) in [5, 5.41) is 0.140. The Kier molecular flexibility index (Phi) is 5.32. The van der Waals surface area contributed by atoms with E-state index in [0.717, 1.165) is 11.3 Å².